The summed E-state index contributed by atoms with van der Waals surface area (Å²) in [6, 6.07) is 32.5. The third-order valence-corrected chi connectivity index (χ3v) is 7.64. The second kappa shape index (κ2) is 12.7. The van der Waals surface area contributed by atoms with Gasteiger partial charge in [-0.05, 0) is 23.3 Å². The number of hydrogen-bond acceptors (Lipinski definition) is 6. The average Bonchev–Trinajstić information content (AvgIpc) is 3.71. The highest BCUT2D eigenvalue weighted by molar-refractivity contribution is 6.03. The molecule has 44 heavy (non-hydrogen) atoms. The molecular weight excluding hydrogens is 556 g/mol. The van der Waals surface area contributed by atoms with Gasteiger partial charge < -0.3 is 20.9 Å². The molecule has 4 amide bonds. The van der Waals surface area contributed by atoms with Crippen molar-refractivity contribution in [2.75, 3.05) is 13.2 Å². The minimum absolute atomic E-state index is 0.233. The van der Waals surface area contributed by atoms with Gasteiger partial charge in [-0.3, -0.25) is 0 Å². The minimum Gasteiger partial charge on any atom is -0.490 e. The first-order chi connectivity index (χ1) is 21.5. The number of rotatable bonds is 9. The van der Waals surface area contributed by atoms with E-state index in [-0.39, 0.29) is 13.2 Å². The number of nitrogens with two attached hydrogens (primary N) is 2. The van der Waals surface area contributed by atoms with Gasteiger partial charge in [0.2, 0.25) is 0 Å². The maximum Gasteiger partial charge on any atom is 0.335 e. The third-order valence-electron chi connectivity index (χ3n) is 7.64. The fraction of sp³-hybridized carbons (Fsp3) is 0.176. The standard InChI is InChI=1S/C34H32N6O4/c35-33(41)39-29(21-27(37-39)23-11-3-1-4-12-23)25-15-7-9-17-31(25)43-19-20-44-32-18-10-8-16-26(32)30-22-28(38-40(30)34(36)42)24-13-5-2-6-14-24/h1-18,29-30H,19-22H2,(H2,35,41)(H2,36,42). The van der Waals surface area contributed by atoms with Crippen molar-refractivity contribution in [2.45, 2.75) is 24.9 Å². The van der Waals surface area contributed by atoms with Crippen molar-refractivity contribution in [3.63, 3.8) is 0 Å². The predicted molar refractivity (Wildman–Crippen MR) is 167 cm³/mol. The quantitative estimate of drug-likeness (QED) is 0.246. The van der Waals surface area contributed by atoms with E-state index in [0.29, 0.717) is 24.3 Å². The lowest BCUT2D eigenvalue weighted by molar-refractivity contribution is 0.186. The van der Waals surface area contributed by atoms with Gasteiger partial charge in [0.05, 0.1) is 23.5 Å². The Morgan fingerprint density at radius 2 is 0.955 bits per heavy atom. The normalized spacial score (nSPS) is 17.6. The molecular formula is C34H32N6O4. The first-order valence-electron chi connectivity index (χ1n) is 14.4. The van der Waals surface area contributed by atoms with Crippen LogP contribution in [-0.4, -0.2) is 46.7 Å². The van der Waals surface area contributed by atoms with Crippen LogP contribution in [0.15, 0.2) is 119 Å². The van der Waals surface area contributed by atoms with Crippen LogP contribution < -0.4 is 20.9 Å². The van der Waals surface area contributed by atoms with Crippen LogP contribution in [0.3, 0.4) is 0 Å². The predicted octanol–water partition coefficient (Wildman–Crippen LogP) is 5.60. The van der Waals surface area contributed by atoms with Gasteiger partial charge in [-0.15, -0.1) is 0 Å². The Labute approximate surface area is 255 Å². The minimum atomic E-state index is -0.632. The lowest BCUT2D eigenvalue weighted by Gasteiger charge is -2.23. The number of carbonyl (C=O) groups excluding carboxylic acids is 2. The van der Waals surface area contributed by atoms with E-state index < -0.39 is 24.1 Å². The van der Waals surface area contributed by atoms with Crippen LogP contribution >= 0.6 is 0 Å². The number of nitrogens with zero attached hydrogens (tertiary/aromatic N) is 4. The van der Waals surface area contributed by atoms with E-state index in [1.165, 1.54) is 10.0 Å². The van der Waals surface area contributed by atoms with E-state index >= 15 is 0 Å². The number of ether oxygens (including phenoxy) is 2. The van der Waals surface area contributed by atoms with Crippen molar-refractivity contribution in [1.29, 1.82) is 0 Å². The number of primary amides is 2. The molecule has 0 saturated heterocycles. The molecule has 0 aromatic heterocycles. The number of para-hydroxylation sites is 2. The molecule has 6 rings (SSSR count). The Hall–Kier alpha value is -5.64. The highest BCUT2D eigenvalue weighted by Gasteiger charge is 2.35. The molecule has 4 N–H and O–H groups in total. The largest absolute Gasteiger partial charge is 0.490 e. The van der Waals surface area contributed by atoms with Gasteiger partial charge in [0.1, 0.15) is 24.7 Å². The van der Waals surface area contributed by atoms with Crippen molar-refractivity contribution in [3.8, 4) is 11.5 Å². The van der Waals surface area contributed by atoms with Crippen molar-refractivity contribution in [3.05, 3.63) is 131 Å². The van der Waals surface area contributed by atoms with Crippen molar-refractivity contribution in [2.24, 2.45) is 21.7 Å². The Balaban J connectivity index is 1.14. The molecule has 2 unspecified atom stereocenters. The summed E-state index contributed by atoms with van der Waals surface area (Å²) in [5.74, 6) is 1.23. The summed E-state index contributed by atoms with van der Waals surface area (Å²) in [6.07, 6.45) is 1.00. The maximum absolute atomic E-state index is 12.3. The zero-order chi connectivity index (χ0) is 30.5. The van der Waals surface area contributed by atoms with Crippen LogP contribution in [0.4, 0.5) is 9.59 Å². The second-order valence-corrected chi connectivity index (χ2v) is 10.4. The number of benzene rings is 4. The molecule has 2 heterocycles. The molecule has 0 radical (unpaired) electrons. The van der Waals surface area contributed by atoms with Crippen molar-refractivity contribution >= 4 is 23.5 Å². The number of urea groups is 2. The molecule has 2 atom stereocenters. The van der Waals surface area contributed by atoms with E-state index in [1.807, 2.05) is 109 Å². The van der Waals surface area contributed by atoms with Gasteiger partial charge in [-0.1, -0.05) is 97.1 Å². The number of carbonyl (C=O) groups is 2. The van der Waals surface area contributed by atoms with Crippen molar-refractivity contribution < 1.29 is 19.1 Å². The summed E-state index contributed by atoms with van der Waals surface area (Å²) < 4.78 is 12.4. The fourth-order valence-corrected chi connectivity index (χ4v) is 5.60. The molecule has 0 bridgehead atoms. The molecule has 2 aliphatic heterocycles. The molecule has 4 aromatic rings. The summed E-state index contributed by atoms with van der Waals surface area (Å²) in [5, 5.41) is 11.7. The van der Waals surface area contributed by atoms with Gasteiger partial charge in [0, 0.05) is 24.0 Å². The van der Waals surface area contributed by atoms with Crippen LogP contribution in [0.5, 0.6) is 11.5 Å². The van der Waals surface area contributed by atoms with Crippen LogP contribution in [0.1, 0.15) is 47.2 Å². The molecule has 2 aliphatic rings. The van der Waals surface area contributed by atoms with Crippen LogP contribution in [0, 0.1) is 0 Å². The highest BCUT2D eigenvalue weighted by atomic mass is 16.5. The van der Waals surface area contributed by atoms with Crippen LogP contribution in [0.25, 0.3) is 0 Å². The summed E-state index contributed by atoms with van der Waals surface area (Å²) in [4.78, 5) is 24.7. The molecule has 4 aromatic carbocycles. The Bertz CT molecular complexity index is 1580. The van der Waals surface area contributed by atoms with Gasteiger partial charge >= 0.3 is 12.1 Å². The maximum atomic E-state index is 12.3. The van der Waals surface area contributed by atoms with Gasteiger partial charge in [0.15, 0.2) is 0 Å². The first-order valence-corrected chi connectivity index (χ1v) is 14.4. The van der Waals surface area contributed by atoms with Crippen molar-refractivity contribution in [1.82, 2.24) is 10.0 Å². The summed E-state index contributed by atoms with van der Waals surface area (Å²) >= 11 is 0. The lowest BCUT2D eigenvalue weighted by atomic mass is 9.98. The summed E-state index contributed by atoms with van der Waals surface area (Å²) in [5.41, 5.74) is 16.5. The molecule has 0 saturated carbocycles. The third kappa shape index (κ3) is 5.96. The SMILES string of the molecule is NC(=O)N1N=C(c2ccccc2)CC1c1ccccc1OCCOc1ccccc1C1CC(c2ccccc2)=NN1C(N)=O. The summed E-state index contributed by atoms with van der Waals surface area (Å²) in [7, 11) is 0. The molecule has 0 spiro atoms. The number of hydrazone groups is 2. The van der Waals surface area contributed by atoms with E-state index in [2.05, 4.69) is 10.2 Å². The van der Waals surface area contributed by atoms with Crippen LogP contribution in [0.2, 0.25) is 0 Å². The number of hydrogen-bond donors (Lipinski definition) is 2. The first kappa shape index (κ1) is 28.5. The molecule has 222 valence electrons. The zero-order valence-corrected chi connectivity index (χ0v) is 24.0. The average molecular weight is 589 g/mol. The van der Waals surface area contributed by atoms with E-state index in [1.54, 1.807) is 0 Å². The molecule has 10 nitrogen and oxygen atoms in total. The van der Waals surface area contributed by atoms with E-state index in [4.69, 9.17) is 20.9 Å². The van der Waals surface area contributed by atoms with Gasteiger partial charge in [-0.2, -0.15) is 10.2 Å². The van der Waals surface area contributed by atoms with Gasteiger partial charge in [-0.25, -0.2) is 19.6 Å². The Morgan fingerprint density at radius 1 is 0.591 bits per heavy atom. The van der Waals surface area contributed by atoms with Crippen LogP contribution in [-0.2, 0) is 0 Å². The highest BCUT2D eigenvalue weighted by Crippen LogP contribution is 2.39. The monoisotopic (exact) mass is 588 g/mol. The topological polar surface area (TPSA) is 136 Å². The fourth-order valence-electron chi connectivity index (χ4n) is 5.60. The van der Waals surface area contributed by atoms with Gasteiger partial charge in [0.25, 0.3) is 0 Å². The number of amides is 4. The molecule has 0 fully saturated rings. The Kier molecular flexibility index (Phi) is 8.22. The zero-order valence-electron chi connectivity index (χ0n) is 24.0. The summed E-state index contributed by atoms with van der Waals surface area (Å²) in [6.45, 7) is 0.466. The van der Waals surface area contributed by atoms with E-state index in [0.717, 1.165) is 33.7 Å². The Morgan fingerprint density at radius 3 is 1.34 bits per heavy atom. The smallest absolute Gasteiger partial charge is 0.335 e. The molecule has 10 heteroatoms. The van der Waals surface area contributed by atoms with E-state index in [9.17, 15) is 9.59 Å². The lowest BCUT2D eigenvalue weighted by Crippen LogP contribution is -2.32. The second-order valence-electron chi connectivity index (χ2n) is 10.4. The molecule has 0 aliphatic carbocycles.